The van der Waals surface area contributed by atoms with Crippen molar-refractivity contribution in [3.63, 3.8) is 0 Å². The largest absolute Gasteiger partial charge is 0.373 e. The van der Waals surface area contributed by atoms with Crippen molar-refractivity contribution in [1.29, 1.82) is 0 Å². The first kappa shape index (κ1) is 22.3. The van der Waals surface area contributed by atoms with Gasteiger partial charge in [0.05, 0.1) is 11.7 Å². The Morgan fingerprint density at radius 1 is 1.19 bits per heavy atom. The summed E-state index contributed by atoms with van der Waals surface area (Å²) in [5, 5.41) is 9.16. The SMILES string of the molecule is C=C(CCn1ncc2cc(/C(=C/CCC)c3ccc(F)cc3C)ccc21)N1CCNCC1. The minimum atomic E-state index is -0.194. The van der Waals surface area contributed by atoms with E-state index in [1.807, 2.05) is 19.2 Å². The Hall–Kier alpha value is -2.92. The van der Waals surface area contributed by atoms with Crippen molar-refractivity contribution < 1.29 is 4.39 Å². The van der Waals surface area contributed by atoms with Gasteiger partial charge in [-0.15, -0.1) is 0 Å². The van der Waals surface area contributed by atoms with Crippen LogP contribution in [0.2, 0.25) is 0 Å². The molecule has 0 unspecified atom stereocenters. The van der Waals surface area contributed by atoms with Gasteiger partial charge in [0, 0.05) is 50.2 Å². The van der Waals surface area contributed by atoms with Crippen molar-refractivity contribution in [3.05, 3.63) is 83.5 Å². The first-order valence-electron chi connectivity index (χ1n) is 11.6. The molecule has 2 aromatic carbocycles. The van der Waals surface area contributed by atoms with E-state index in [1.54, 1.807) is 12.1 Å². The lowest BCUT2D eigenvalue weighted by atomic mass is 9.92. The number of nitrogens with zero attached hydrogens (tertiary/aromatic N) is 3. The Morgan fingerprint density at radius 2 is 2.00 bits per heavy atom. The molecular formula is C27H33FN4. The minimum absolute atomic E-state index is 0.194. The molecule has 1 aliphatic heterocycles. The van der Waals surface area contributed by atoms with E-state index < -0.39 is 0 Å². The molecule has 3 aromatic rings. The number of allylic oxidation sites excluding steroid dienone is 2. The van der Waals surface area contributed by atoms with Gasteiger partial charge in [-0.25, -0.2) is 4.39 Å². The first-order chi connectivity index (χ1) is 15.6. The fourth-order valence-electron chi connectivity index (χ4n) is 4.41. The number of nitrogens with one attached hydrogen (secondary N) is 1. The number of aromatic nitrogens is 2. The molecule has 0 aliphatic carbocycles. The molecule has 1 aliphatic rings. The minimum Gasteiger partial charge on any atom is -0.373 e. The summed E-state index contributed by atoms with van der Waals surface area (Å²) in [5.74, 6) is -0.194. The van der Waals surface area contributed by atoms with Gasteiger partial charge in [0.15, 0.2) is 0 Å². The number of unbranched alkanes of at least 4 members (excludes halogenated alkanes) is 1. The summed E-state index contributed by atoms with van der Waals surface area (Å²) in [5.41, 5.74) is 6.65. The Labute approximate surface area is 190 Å². The lowest BCUT2D eigenvalue weighted by molar-refractivity contribution is 0.287. The van der Waals surface area contributed by atoms with Gasteiger partial charge in [-0.2, -0.15) is 5.10 Å². The highest BCUT2D eigenvalue weighted by molar-refractivity contribution is 5.88. The number of aryl methyl sites for hydroxylation is 2. The third-order valence-electron chi connectivity index (χ3n) is 6.24. The summed E-state index contributed by atoms with van der Waals surface area (Å²) < 4.78 is 15.8. The molecule has 5 heteroatoms. The van der Waals surface area contributed by atoms with Crippen molar-refractivity contribution in [2.45, 2.75) is 39.7 Å². The normalized spacial score (nSPS) is 14.8. The van der Waals surface area contributed by atoms with Gasteiger partial charge >= 0.3 is 0 Å². The van der Waals surface area contributed by atoms with Gasteiger partial charge in [-0.3, -0.25) is 4.68 Å². The molecule has 0 radical (unpaired) electrons. The van der Waals surface area contributed by atoms with E-state index in [-0.39, 0.29) is 5.82 Å². The fraction of sp³-hybridized carbons (Fsp3) is 0.370. The summed E-state index contributed by atoms with van der Waals surface area (Å²) in [6.45, 7) is 13.4. The van der Waals surface area contributed by atoms with Crippen molar-refractivity contribution in [2.24, 2.45) is 0 Å². The van der Waals surface area contributed by atoms with Crippen LogP contribution < -0.4 is 5.32 Å². The maximum absolute atomic E-state index is 13.7. The highest BCUT2D eigenvalue weighted by Gasteiger charge is 2.14. The van der Waals surface area contributed by atoms with Crippen LogP contribution >= 0.6 is 0 Å². The molecule has 168 valence electrons. The van der Waals surface area contributed by atoms with Gasteiger partial charge in [0.1, 0.15) is 5.82 Å². The van der Waals surface area contributed by atoms with Crippen LogP contribution in [0.15, 0.2) is 60.9 Å². The van der Waals surface area contributed by atoms with E-state index in [2.05, 4.69) is 57.8 Å². The van der Waals surface area contributed by atoms with E-state index >= 15 is 0 Å². The Kier molecular flexibility index (Phi) is 7.05. The molecule has 1 saturated heterocycles. The average molecular weight is 433 g/mol. The fourth-order valence-corrected chi connectivity index (χ4v) is 4.41. The summed E-state index contributed by atoms with van der Waals surface area (Å²) >= 11 is 0. The summed E-state index contributed by atoms with van der Waals surface area (Å²) in [7, 11) is 0. The molecule has 0 amide bonds. The second kappa shape index (κ2) is 10.1. The van der Waals surface area contributed by atoms with Gasteiger partial charge in [0.25, 0.3) is 0 Å². The van der Waals surface area contributed by atoms with Crippen LogP contribution in [-0.2, 0) is 6.54 Å². The number of halogens is 1. The lowest BCUT2D eigenvalue weighted by Gasteiger charge is -2.31. The van der Waals surface area contributed by atoms with Crippen LogP contribution in [0.3, 0.4) is 0 Å². The van der Waals surface area contributed by atoms with E-state index in [9.17, 15) is 4.39 Å². The lowest BCUT2D eigenvalue weighted by Crippen LogP contribution is -2.42. The number of rotatable bonds is 8. The molecule has 2 heterocycles. The van der Waals surface area contributed by atoms with Crippen LogP contribution in [0.25, 0.3) is 16.5 Å². The number of benzene rings is 2. The molecule has 32 heavy (non-hydrogen) atoms. The molecule has 4 rings (SSSR count). The molecule has 0 bridgehead atoms. The van der Waals surface area contributed by atoms with Crippen LogP contribution in [0.5, 0.6) is 0 Å². The van der Waals surface area contributed by atoms with Crippen LogP contribution in [0, 0.1) is 12.7 Å². The highest BCUT2D eigenvalue weighted by atomic mass is 19.1. The number of piperazine rings is 1. The van der Waals surface area contributed by atoms with Gasteiger partial charge in [-0.05, 0) is 59.9 Å². The van der Waals surface area contributed by atoms with E-state index in [0.29, 0.717) is 0 Å². The molecule has 1 fully saturated rings. The summed E-state index contributed by atoms with van der Waals surface area (Å²) in [4.78, 5) is 2.37. The van der Waals surface area contributed by atoms with E-state index in [1.165, 1.54) is 5.70 Å². The Bertz CT molecular complexity index is 1120. The topological polar surface area (TPSA) is 33.1 Å². The number of hydrogen-bond acceptors (Lipinski definition) is 3. The maximum Gasteiger partial charge on any atom is 0.123 e. The molecule has 0 atom stereocenters. The zero-order valence-corrected chi connectivity index (χ0v) is 19.2. The van der Waals surface area contributed by atoms with Gasteiger partial charge in [0.2, 0.25) is 0 Å². The number of hydrogen-bond donors (Lipinski definition) is 1. The molecule has 1 N–H and O–H groups in total. The predicted octanol–water partition coefficient (Wildman–Crippen LogP) is 5.52. The number of fused-ring (bicyclic) bond motifs is 1. The van der Waals surface area contributed by atoms with Crippen LogP contribution in [0.1, 0.15) is 42.9 Å². The van der Waals surface area contributed by atoms with Crippen LogP contribution in [-0.4, -0.2) is 40.9 Å². The zero-order valence-electron chi connectivity index (χ0n) is 19.2. The van der Waals surface area contributed by atoms with Gasteiger partial charge in [-0.1, -0.05) is 38.1 Å². The average Bonchev–Trinajstić information content (AvgIpc) is 3.21. The smallest absolute Gasteiger partial charge is 0.123 e. The van der Waals surface area contributed by atoms with Crippen molar-refractivity contribution in [3.8, 4) is 0 Å². The van der Waals surface area contributed by atoms with Crippen molar-refractivity contribution >= 4 is 16.5 Å². The molecular weight excluding hydrogens is 399 g/mol. The second-order valence-electron chi connectivity index (χ2n) is 8.56. The Balaban J connectivity index is 1.57. The van der Waals surface area contributed by atoms with E-state index in [4.69, 9.17) is 0 Å². The van der Waals surface area contributed by atoms with Crippen LogP contribution in [0.4, 0.5) is 4.39 Å². The molecule has 4 nitrogen and oxygen atoms in total. The third kappa shape index (κ3) is 4.94. The monoisotopic (exact) mass is 432 g/mol. The quantitative estimate of drug-likeness (QED) is 0.508. The standard InChI is InChI=1S/C27H33FN4/c1-4-5-6-26(25-9-8-24(28)17-20(25)2)22-7-10-27-23(18-22)19-30-32(27)14-11-21(3)31-15-12-29-13-16-31/h6-10,17-19,29H,3-5,11-16H2,1-2H3/b26-6-. The Morgan fingerprint density at radius 3 is 2.75 bits per heavy atom. The summed E-state index contributed by atoms with van der Waals surface area (Å²) in [6, 6.07) is 11.6. The molecule has 0 saturated carbocycles. The van der Waals surface area contributed by atoms with E-state index in [0.717, 1.165) is 85.2 Å². The molecule has 0 spiro atoms. The summed E-state index contributed by atoms with van der Waals surface area (Å²) in [6.07, 6.45) is 7.16. The zero-order chi connectivity index (χ0) is 22.5. The predicted molar refractivity (Wildman–Crippen MR) is 131 cm³/mol. The third-order valence-corrected chi connectivity index (χ3v) is 6.24. The first-order valence-corrected chi connectivity index (χ1v) is 11.6. The highest BCUT2D eigenvalue weighted by Crippen LogP contribution is 2.30. The molecule has 1 aromatic heterocycles. The van der Waals surface area contributed by atoms with Crippen molar-refractivity contribution in [2.75, 3.05) is 26.2 Å². The maximum atomic E-state index is 13.7. The van der Waals surface area contributed by atoms with Crippen molar-refractivity contribution in [1.82, 2.24) is 20.0 Å². The second-order valence-corrected chi connectivity index (χ2v) is 8.56. The van der Waals surface area contributed by atoms with Gasteiger partial charge < -0.3 is 10.2 Å².